The van der Waals surface area contributed by atoms with E-state index in [4.69, 9.17) is 4.74 Å². The lowest BCUT2D eigenvalue weighted by Crippen LogP contribution is -2.59. The highest BCUT2D eigenvalue weighted by atomic mass is 16.5. The third kappa shape index (κ3) is 2.76. The summed E-state index contributed by atoms with van der Waals surface area (Å²) >= 11 is 0. The molecule has 0 atom stereocenters. The van der Waals surface area contributed by atoms with Gasteiger partial charge in [0.2, 0.25) is 0 Å². The van der Waals surface area contributed by atoms with Crippen molar-refractivity contribution in [2.75, 3.05) is 32.8 Å². The number of hydrogen-bond donors (Lipinski definition) is 1. The van der Waals surface area contributed by atoms with Crippen LogP contribution in [0.5, 0.6) is 0 Å². The molecule has 0 amide bonds. The third-order valence-corrected chi connectivity index (χ3v) is 4.08. The maximum atomic E-state index is 5.97. The summed E-state index contributed by atoms with van der Waals surface area (Å²) in [6, 6.07) is 0.900. The highest BCUT2D eigenvalue weighted by molar-refractivity contribution is 4.91. The molecule has 3 fully saturated rings. The topological polar surface area (TPSA) is 24.5 Å². The number of nitrogens with one attached hydrogen (secondary N) is 1. The average molecular weight is 224 g/mol. The van der Waals surface area contributed by atoms with Crippen LogP contribution in [0.1, 0.15) is 32.6 Å². The van der Waals surface area contributed by atoms with Crippen molar-refractivity contribution in [3.05, 3.63) is 0 Å². The van der Waals surface area contributed by atoms with Crippen LogP contribution < -0.4 is 5.32 Å². The van der Waals surface area contributed by atoms with Crippen LogP contribution in [-0.2, 0) is 4.74 Å². The second kappa shape index (κ2) is 4.28. The molecule has 2 saturated carbocycles. The second-order valence-corrected chi connectivity index (χ2v) is 6.07. The zero-order chi connectivity index (χ0) is 11.0. The summed E-state index contributed by atoms with van der Waals surface area (Å²) in [7, 11) is 0. The van der Waals surface area contributed by atoms with Crippen molar-refractivity contribution in [1.29, 1.82) is 0 Å². The van der Waals surface area contributed by atoms with Crippen LogP contribution in [0.3, 0.4) is 0 Å². The highest BCUT2D eigenvalue weighted by Gasteiger charge is 2.35. The van der Waals surface area contributed by atoms with E-state index in [1.54, 1.807) is 0 Å². The van der Waals surface area contributed by atoms with Crippen LogP contribution in [0.2, 0.25) is 0 Å². The molecule has 0 aromatic heterocycles. The largest absolute Gasteiger partial charge is 0.371 e. The average Bonchev–Trinajstić information content (AvgIpc) is 3.06. The van der Waals surface area contributed by atoms with Crippen molar-refractivity contribution in [2.45, 2.75) is 44.2 Å². The smallest absolute Gasteiger partial charge is 0.0902 e. The van der Waals surface area contributed by atoms with Gasteiger partial charge in [0.25, 0.3) is 0 Å². The molecular weight excluding hydrogens is 200 g/mol. The van der Waals surface area contributed by atoms with E-state index in [0.29, 0.717) is 0 Å². The Balaban J connectivity index is 1.37. The molecule has 16 heavy (non-hydrogen) atoms. The van der Waals surface area contributed by atoms with Crippen molar-refractivity contribution in [1.82, 2.24) is 10.2 Å². The van der Waals surface area contributed by atoms with Crippen molar-refractivity contribution in [3.8, 4) is 0 Å². The monoisotopic (exact) mass is 224 g/mol. The van der Waals surface area contributed by atoms with Gasteiger partial charge in [-0.05, 0) is 38.5 Å². The maximum absolute atomic E-state index is 5.97. The molecule has 3 heteroatoms. The molecule has 2 aliphatic carbocycles. The normalized spacial score (nSPS) is 28.1. The molecule has 0 aromatic carbocycles. The summed E-state index contributed by atoms with van der Waals surface area (Å²) in [6.45, 7) is 7.67. The van der Waals surface area contributed by atoms with Crippen LogP contribution in [0.15, 0.2) is 0 Å². The van der Waals surface area contributed by atoms with Gasteiger partial charge in [-0.3, -0.25) is 4.90 Å². The van der Waals surface area contributed by atoms with Crippen LogP contribution in [-0.4, -0.2) is 49.3 Å². The lowest BCUT2D eigenvalue weighted by molar-refractivity contribution is -0.0728. The van der Waals surface area contributed by atoms with E-state index in [1.807, 2.05) is 0 Å². The van der Waals surface area contributed by atoms with Gasteiger partial charge < -0.3 is 10.1 Å². The van der Waals surface area contributed by atoms with E-state index in [2.05, 4.69) is 17.1 Å². The molecule has 0 unspecified atom stereocenters. The molecule has 1 N–H and O–H groups in total. The van der Waals surface area contributed by atoms with Crippen LogP contribution >= 0.6 is 0 Å². The van der Waals surface area contributed by atoms with Gasteiger partial charge in [0, 0.05) is 32.2 Å². The molecule has 3 aliphatic rings. The first-order valence-corrected chi connectivity index (χ1v) is 6.84. The number of rotatable bonds is 7. The van der Waals surface area contributed by atoms with E-state index in [9.17, 15) is 0 Å². The summed E-state index contributed by atoms with van der Waals surface area (Å²) in [4.78, 5) is 2.67. The standard InChI is InChI=1S/C13H24N2O/c1-13(9-14-10-13)16-7-6-15(12-4-5-12)8-11-2-3-11/h11-12,14H,2-10H2,1H3. The molecule has 1 aliphatic heterocycles. The van der Waals surface area contributed by atoms with Gasteiger partial charge in [0.1, 0.15) is 0 Å². The Kier molecular flexibility index (Phi) is 2.94. The predicted octanol–water partition coefficient (Wildman–Crippen LogP) is 1.24. The van der Waals surface area contributed by atoms with E-state index >= 15 is 0 Å². The van der Waals surface area contributed by atoms with Crippen molar-refractivity contribution >= 4 is 0 Å². The molecular formula is C13H24N2O. The Hall–Kier alpha value is -0.120. The Morgan fingerprint density at radius 1 is 1.25 bits per heavy atom. The van der Waals surface area contributed by atoms with Gasteiger partial charge in [-0.15, -0.1) is 0 Å². The molecule has 3 rings (SSSR count). The minimum Gasteiger partial charge on any atom is -0.371 e. The van der Waals surface area contributed by atoms with Crippen LogP contribution in [0.25, 0.3) is 0 Å². The first kappa shape index (κ1) is 11.0. The van der Waals surface area contributed by atoms with Gasteiger partial charge >= 0.3 is 0 Å². The number of nitrogens with zero attached hydrogens (tertiary/aromatic N) is 1. The summed E-state index contributed by atoms with van der Waals surface area (Å²) in [5, 5.41) is 3.28. The first-order chi connectivity index (χ1) is 7.75. The third-order valence-electron chi connectivity index (χ3n) is 4.08. The van der Waals surface area contributed by atoms with Crippen molar-refractivity contribution in [3.63, 3.8) is 0 Å². The van der Waals surface area contributed by atoms with Gasteiger partial charge in [0.05, 0.1) is 12.2 Å². The van der Waals surface area contributed by atoms with Crippen molar-refractivity contribution in [2.24, 2.45) is 5.92 Å². The van der Waals surface area contributed by atoms with Gasteiger partial charge in [-0.2, -0.15) is 0 Å². The van der Waals surface area contributed by atoms with Gasteiger partial charge in [-0.1, -0.05) is 0 Å². The van der Waals surface area contributed by atoms with E-state index in [0.717, 1.165) is 38.2 Å². The fourth-order valence-corrected chi connectivity index (χ4v) is 2.48. The zero-order valence-electron chi connectivity index (χ0n) is 10.4. The summed E-state index contributed by atoms with van der Waals surface area (Å²) in [6.07, 6.45) is 5.77. The molecule has 1 saturated heterocycles. The lowest BCUT2D eigenvalue weighted by Gasteiger charge is -2.39. The summed E-state index contributed by atoms with van der Waals surface area (Å²) < 4.78 is 5.97. The second-order valence-electron chi connectivity index (χ2n) is 6.07. The number of hydrogen-bond acceptors (Lipinski definition) is 3. The molecule has 0 bridgehead atoms. The molecule has 0 radical (unpaired) electrons. The zero-order valence-corrected chi connectivity index (χ0v) is 10.4. The molecule has 92 valence electrons. The Morgan fingerprint density at radius 3 is 2.50 bits per heavy atom. The SMILES string of the molecule is CC1(OCCN(CC2CC2)C2CC2)CNC1. The Bertz CT molecular complexity index is 244. The number of ether oxygens (including phenoxy) is 1. The first-order valence-electron chi connectivity index (χ1n) is 6.84. The summed E-state index contributed by atoms with van der Waals surface area (Å²) in [5.74, 6) is 1.02. The lowest BCUT2D eigenvalue weighted by atomic mass is 10.0. The minimum atomic E-state index is 0.134. The van der Waals surface area contributed by atoms with Crippen LogP contribution in [0.4, 0.5) is 0 Å². The quantitative estimate of drug-likeness (QED) is 0.704. The molecule has 3 nitrogen and oxygen atoms in total. The van der Waals surface area contributed by atoms with Crippen LogP contribution in [0, 0.1) is 5.92 Å². The van der Waals surface area contributed by atoms with E-state index < -0.39 is 0 Å². The van der Waals surface area contributed by atoms with Gasteiger partial charge in [-0.25, -0.2) is 0 Å². The fraction of sp³-hybridized carbons (Fsp3) is 1.00. The van der Waals surface area contributed by atoms with E-state index in [-0.39, 0.29) is 5.60 Å². The fourth-order valence-electron chi connectivity index (χ4n) is 2.48. The van der Waals surface area contributed by atoms with Gasteiger partial charge in [0.15, 0.2) is 0 Å². The molecule has 1 heterocycles. The molecule has 0 aromatic rings. The minimum absolute atomic E-state index is 0.134. The maximum Gasteiger partial charge on any atom is 0.0902 e. The highest BCUT2D eigenvalue weighted by Crippen LogP contribution is 2.34. The van der Waals surface area contributed by atoms with E-state index in [1.165, 1.54) is 32.2 Å². The predicted molar refractivity (Wildman–Crippen MR) is 64.5 cm³/mol. The summed E-state index contributed by atoms with van der Waals surface area (Å²) in [5.41, 5.74) is 0.134. The Morgan fingerprint density at radius 2 is 2.00 bits per heavy atom. The Labute approximate surface area is 98.5 Å². The van der Waals surface area contributed by atoms with Crippen molar-refractivity contribution < 1.29 is 4.74 Å². The molecule has 0 spiro atoms.